The van der Waals surface area contributed by atoms with Crippen molar-refractivity contribution in [3.8, 4) is 22.8 Å². The van der Waals surface area contributed by atoms with Gasteiger partial charge in [0.25, 0.3) is 0 Å². The summed E-state index contributed by atoms with van der Waals surface area (Å²) in [5.74, 6) is 2.69. The first kappa shape index (κ1) is 26.9. The normalized spacial score (nSPS) is 15.3. The van der Waals surface area contributed by atoms with Gasteiger partial charge in [0.15, 0.2) is 5.65 Å². The van der Waals surface area contributed by atoms with Crippen LogP contribution in [0.3, 0.4) is 0 Å². The molecule has 212 valence electrons. The molecule has 0 bridgehead atoms. The zero-order valence-electron chi connectivity index (χ0n) is 23.4. The summed E-state index contributed by atoms with van der Waals surface area (Å²) in [5.41, 5.74) is 8.60. The van der Waals surface area contributed by atoms with Gasteiger partial charge in [-0.25, -0.2) is 19.6 Å². The molecular formula is C32H32N8O2. The predicted molar refractivity (Wildman–Crippen MR) is 163 cm³/mol. The molecule has 0 unspecified atom stereocenters. The summed E-state index contributed by atoms with van der Waals surface area (Å²) in [6.45, 7) is 1.81. The van der Waals surface area contributed by atoms with Crippen molar-refractivity contribution >= 4 is 28.6 Å². The number of piperidine rings is 1. The number of amides is 1. The fourth-order valence-corrected chi connectivity index (χ4v) is 5.20. The van der Waals surface area contributed by atoms with Crippen molar-refractivity contribution in [1.29, 1.82) is 0 Å². The fourth-order valence-electron chi connectivity index (χ4n) is 5.20. The number of pyridine rings is 1. The topological polar surface area (TPSA) is 115 Å². The van der Waals surface area contributed by atoms with Crippen LogP contribution in [0.15, 0.2) is 97.5 Å². The highest BCUT2D eigenvalue weighted by atomic mass is 16.5. The number of benzene rings is 2. The molecular weight excluding hydrogens is 528 g/mol. The zero-order valence-corrected chi connectivity index (χ0v) is 23.4. The predicted octanol–water partition coefficient (Wildman–Crippen LogP) is 5.12. The minimum absolute atomic E-state index is 0.0195. The Labute approximate surface area is 244 Å². The van der Waals surface area contributed by atoms with E-state index < -0.39 is 0 Å². The molecule has 1 aliphatic rings. The molecule has 0 saturated carbocycles. The number of nitrogen functional groups attached to an aromatic ring is 1. The number of nitrogens with two attached hydrogens (primary N) is 1. The lowest BCUT2D eigenvalue weighted by molar-refractivity contribution is -0.127. The Morgan fingerprint density at radius 1 is 1.02 bits per heavy atom. The van der Waals surface area contributed by atoms with E-state index >= 15 is 0 Å². The summed E-state index contributed by atoms with van der Waals surface area (Å²) in [6, 6.07) is 23.1. The number of aromatic nitrogens is 5. The maximum absolute atomic E-state index is 13.1. The van der Waals surface area contributed by atoms with Crippen molar-refractivity contribution in [2.24, 2.45) is 0 Å². The maximum atomic E-state index is 13.1. The van der Waals surface area contributed by atoms with Crippen LogP contribution in [0.2, 0.25) is 0 Å². The van der Waals surface area contributed by atoms with E-state index in [1.165, 1.54) is 6.33 Å². The van der Waals surface area contributed by atoms with E-state index in [2.05, 4.69) is 15.0 Å². The second kappa shape index (κ2) is 12.1. The van der Waals surface area contributed by atoms with Crippen LogP contribution in [0, 0.1) is 0 Å². The maximum Gasteiger partial charge on any atom is 0.246 e. The lowest BCUT2D eigenvalue weighted by atomic mass is 10.1. The number of rotatable bonds is 8. The smallest absolute Gasteiger partial charge is 0.246 e. The summed E-state index contributed by atoms with van der Waals surface area (Å²) in [5, 5.41) is 5.70. The Bertz CT molecular complexity index is 1690. The molecule has 1 atom stereocenters. The molecule has 0 spiro atoms. The van der Waals surface area contributed by atoms with E-state index in [9.17, 15) is 4.79 Å². The number of likely N-dealkylation sites (tertiary alicyclic amines) is 1. The first-order valence-corrected chi connectivity index (χ1v) is 14.0. The molecule has 1 aliphatic heterocycles. The Hall–Kier alpha value is -5.25. The van der Waals surface area contributed by atoms with Crippen LogP contribution < -0.4 is 15.4 Å². The molecule has 5 aromatic rings. The van der Waals surface area contributed by atoms with Crippen LogP contribution in [0.4, 0.5) is 11.6 Å². The third-order valence-electron chi connectivity index (χ3n) is 7.36. The van der Waals surface area contributed by atoms with Crippen LogP contribution in [-0.4, -0.2) is 62.2 Å². The van der Waals surface area contributed by atoms with Gasteiger partial charge >= 0.3 is 0 Å². The van der Waals surface area contributed by atoms with Gasteiger partial charge in [0.1, 0.15) is 35.2 Å². The molecule has 2 aromatic carbocycles. The number of hydrogen-bond donors (Lipinski definition) is 1. The van der Waals surface area contributed by atoms with Crippen LogP contribution in [0.25, 0.3) is 22.3 Å². The molecule has 1 amide bonds. The molecule has 0 radical (unpaired) electrons. The number of anilines is 2. The van der Waals surface area contributed by atoms with Crippen molar-refractivity contribution < 1.29 is 9.53 Å². The minimum Gasteiger partial charge on any atom is -0.457 e. The summed E-state index contributed by atoms with van der Waals surface area (Å²) < 4.78 is 7.87. The van der Waals surface area contributed by atoms with Crippen molar-refractivity contribution in [2.45, 2.75) is 18.9 Å². The highest BCUT2D eigenvalue weighted by molar-refractivity contribution is 5.98. The van der Waals surface area contributed by atoms with Gasteiger partial charge < -0.3 is 20.3 Å². The van der Waals surface area contributed by atoms with Crippen LogP contribution in [-0.2, 0) is 4.79 Å². The monoisotopic (exact) mass is 560 g/mol. The number of para-hydroxylation sites is 1. The van der Waals surface area contributed by atoms with Gasteiger partial charge in [-0.3, -0.25) is 4.79 Å². The number of fused-ring (bicyclic) bond motifs is 1. The van der Waals surface area contributed by atoms with E-state index in [0.29, 0.717) is 42.2 Å². The number of carbonyl (C=O) groups is 1. The van der Waals surface area contributed by atoms with E-state index in [1.807, 2.05) is 100 Å². The molecule has 6 rings (SSSR count). The molecule has 3 aromatic heterocycles. The Balaban J connectivity index is 1.20. The second-order valence-corrected chi connectivity index (χ2v) is 10.2. The lowest BCUT2D eigenvalue weighted by Crippen LogP contribution is -2.40. The van der Waals surface area contributed by atoms with E-state index in [1.54, 1.807) is 12.3 Å². The average molecular weight is 561 g/mol. The van der Waals surface area contributed by atoms with Crippen LogP contribution in [0.5, 0.6) is 11.5 Å². The Morgan fingerprint density at radius 2 is 1.81 bits per heavy atom. The van der Waals surface area contributed by atoms with Crippen molar-refractivity contribution in [3.63, 3.8) is 0 Å². The number of likely N-dealkylation sites (N-methyl/N-ethyl adjacent to an activating group) is 1. The summed E-state index contributed by atoms with van der Waals surface area (Å²) >= 11 is 0. The first-order chi connectivity index (χ1) is 20.6. The van der Waals surface area contributed by atoms with Crippen molar-refractivity contribution in [2.75, 3.05) is 37.3 Å². The molecule has 42 heavy (non-hydrogen) atoms. The van der Waals surface area contributed by atoms with E-state index in [-0.39, 0.29) is 11.9 Å². The van der Waals surface area contributed by atoms with Gasteiger partial charge in [-0.1, -0.05) is 30.3 Å². The highest BCUT2D eigenvalue weighted by Gasteiger charge is 2.28. The fraction of sp³-hybridized carbons (Fsp3) is 0.219. The third-order valence-corrected chi connectivity index (χ3v) is 7.36. The average Bonchev–Trinajstić information content (AvgIpc) is 3.43. The van der Waals surface area contributed by atoms with Crippen molar-refractivity contribution in [1.82, 2.24) is 29.6 Å². The Kier molecular flexibility index (Phi) is 7.76. The van der Waals surface area contributed by atoms with Crippen LogP contribution in [0.1, 0.15) is 18.9 Å². The van der Waals surface area contributed by atoms with Gasteiger partial charge in [-0.2, -0.15) is 5.10 Å². The molecule has 1 saturated heterocycles. The number of hydrogen-bond acceptors (Lipinski definition) is 8. The molecule has 1 fully saturated rings. The summed E-state index contributed by atoms with van der Waals surface area (Å²) in [7, 11) is 1.95. The molecule has 0 aliphatic carbocycles. The van der Waals surface area contributed by atoms with Gasteiger partial charge in [0.05, 0.1) is 11.4 Å². The third kappa shape index (κ3) is 5.78. The lowest BCUT2D eigenvalue weighted by Gasteiger charge is -2.32. The zero-order chi connectivity index (χ0) is 28.9. The second-order valence-electron chi connectivity index (χ2n) is 10.2. The van der Waals surface area contributed by atoms with Gasteiger partial charge in [-0.05, 0) is 61.4 Å². The van der Waals surface area contributed by atoms with Crippen LogP contribution >= 0.6 is 0 Å². The number of ether oxygens (including phenoxy) is 1. The van der Waals surface area contributed by atoms with E-state index in [4.69, 9.17) is 15.6 Å². The minimum atomic E-state index is -0.0430. The molecule has 4 heterocycles. The van der Waals surface area contributed by atoms with Crippen molar-refractivity contribution in [3.05, 3.63) is 97.5 Å². The summed E-state index contributed by atoms with van der Waals surface area (Å²) in [6.07, 6.45) is 8.48. The van der Waals surface area contributed by atoms with E-state index in [0.717, 1.165) is 35.7 Å². The number of carbonyl (C=O) groups excluding carboxylic acids is 1. The molecule has 10 heteroatoms. The SMILES string of the molecule is CN(CC=CC(=O)N1CCC[C@@H](n2nc(-c3ccc(Oc4ccccc4)cc3)c3c(N)ncnc32)C1)c1ccccn1. The van der Waals surface area contributed by atoms with Gasteiger partial charge in [0, 0.05) is 44.5 Å². The summed E-state index contributed by atoms with van der Waals surface area (Å²) in [4.78, 5) is 30.1. The number of nitrogens with zero attached hydrogens (tertiary/aromatic N) is 7. The highest BCUT2D eigenvalue weighted by Crippen LogP contribution is 2.35. The van der Waals surface area contributed by atoms with Gasteiger partial charge in [-0.15, -0.1) is 0 Å². The largest absolute Gasteiger partial charge is 0.457 e. The standard InChI is InChI=1S/C32H32N8O2/c1-38(27-12-5-6-18-34-27)19-8-13-28(41)39-20-7-9-24(21-39)40-32-29(31(33)35-22-36-32)30(37-40)23-14-16-26(17-15-23)42-25-10-3-2-4-11-25/h2-6,8,10-18,22,24H,7,9,19-21H2,1H3,(H2,33,35,36)/t24-/m1/s1. The first-order valence-electron chi connectivity index (χ1n) is 14.0. The van der Waals surface area contributed by atoms with Gasteiger partial charge in [0.2, 0.25) is 5.91 Å². The Morgan fingerprint density at radius 3 is 2.60 bits per heavy atom. The molecule has 10 nitrogen and oxygen atoms in total. The quantitative estimate of drug-likeness (QED) is 0.260. The molecule has 2 N–H and O–H groups in total.